The second-order valence-electron chi connectivity index (χ2n) is 2.02. The van der Waals surface area contributed by atoms with E-state index in [0.717, 1.165) is 0 Å². The van der Waals surface area contributed by atoms with Crippen molar-refractivity contribution in [3.63, 3.8) is 0 Å². The van der Waals surface area contributed by atoms with Gasteiger partial charge in [-0.15, -0.1) is 0 Å². The number of halogens is 1. The molecule has 10 heavy (non-hydrogen) atoms. The highest BCUT2D eigenvalue weighted by molar-refractivity contribution is 4.81. The maximum atomic E-state index is 13.0. The zero-order chi connectivity index (χ0) is 7.45. The van der Waals surface area contributed by atoms with Crippen molar-refractivity contribution < 1.29 is 9.13 Å². The third kappa shape index (κ3) is 1.57. The molecule has 1 atom stereocenters. The zero-order valence-corrected chi connectivity index (χ0v) is 5.25. The Morgan fingerprint density at radius 1 is 1.90 bits per heavy atom. The molecule has 0 radical (unpaired) electrons. The van der Waals surface area contributed by atoms with Crippen molar-refractivity contribution >= 4 is 0 Å². The predicted octanol–water partition coefficient (Wildman–Crippen LogP) is 0.540. The first-order valence-electron chi connectivity index (χ1n) is 2.79. The molecule has 6 heteroatoms. The van der Waals surface area contributed by atoms with Gasteiger partial charge in [-0.2, -0.15) is 0 Å². The van der Waals surface area contributed by atoms with Crippen molar-refractivity contribution in [1.29, 1.82) is 0 Å². The molecule has 1 N–H and O–H groups in total. The molecule has 1 heterocycles. The van der Waals surface area contributed by atoms with Crippen LogP contribution in [0.4, 0.5) is 4.39 Å². The largest absolute Gasteiger partial charge is 0.361 e. The van der Waals surface area contributed by atoms with Gasteiger partial charge in [-0.25, -0.2) is 4.39 Å². The lowest BCUT2D eigenvalue weighted by atomic mass is 10.3. The van der Waals surface area contributed by atoms with E-state index in [1.54, 1.807) is 0 Å². The summed E-state index contributed by atoms with van der Waals surface area (Å²) in [5.74, 6) is -1.65. The molecule has 1 fully saturated rings. The van der Waals surface area contributed by atoms with Gasteiger partial charge < -0.3 is 4.74 Å². The van der Waals surface area contributed by atoms with Crippen molar-refractivity contribution in [1.82, 2.24) is 5.32 Å². The molecule has 0 aromatic rings. The molecular formula is C4H7FN4O. The highest BCUT2D eigenvalue weighted by atomic mass is 19.1. The van der Waals surface area contributed by atoms with Gasteiger partial charge in [-0.05, 0) is 5.53 Å². The van der Waals surface area contributed by atoms with Gasteiger partial charge in [0.1, 0.15) is 0 Å². The third-order valence-corrected chi connectivity index (χ3v) is 1.21. The van der Waals surface area contributed by atoms with E-state index < -0.39 is 5.79 Å². The first kappa shape index (κ1) is 7.27. The molecule has 56 valence electrons. The number of hydrogen-bond acceptors (Lipinski definition) is 3. The SMILES string of the molecule is [N-]=[N+]=NCC1(F)COCN1. The fourth-order valence-electron chi connectivity index (χ4n) is 0.689. The molecule has 5 nitrogen and oxygen atoms in total. The summed E-state index contributed by atoms with van der Waals surface area (Å²) in [5.41, 5.74) is 7.86. The molecule has 1 rings (SSSR count). The number of nitrogens with one attached hydrogen (secondary N) is 1. The molecule has 0 amide bonds. The van der Waals surface area contributed by atoms with Crippen LogP contribution in [0.25, 0.3) is 10.4 Å². The van der Waals surface area contributed by atoms with E-state index in [-0.39, 0.29) is 19.9 Å². The molecule has 1 aliphatic heterocycles. The van der Waals surface area contributed by atoms with E-state index >= 15 is 0 Å². The van der Waals surface area contributed by atoms with Crippen LogP contribution >= 0.6 is 0 Å². The number of hydrogen-bond donors (Lipinski definition) is 1. The van der Waals surface area contributed by atoms with E-state index in [9.17, 15) is 4.39 Å². The highest BCUT2D eigenvalue weighted by Gasteiger charge is 2.33. The van der Waals surface area contributed by atoms with Crippen LogP contribution in [0, 0.1) is 0 Å². The van der Waals surface area contributed by atoms with Gasteiger partial charge in [0, 0.05) is 4.91 Å². The van der Waals surface area contributed by atoms with Crippen LogP contribution in [-0.4, -0.2) is 25.7 Å². The second-order valence-corrected chi connectivity index (χ2v) is 2.02. The van der Waals surface area contributed by atoms with Gasteiger partial charge >= 0.3 is 0 Å². The monoisotopic (exact) mass is 146 g/mol. The Hall–Kier alpha value is -0.840. The van der Waals surface area contributed by atoms with Crippen LogP contribution in [0.2, 0.25) is 0 Å². The topological polar surface area (TPSA) is 70.0 Å². The molecule has 1 unspecified atom stereocenters. The summed E-state index contributed by atoms with van der Waals surface area (Å²) in [5, 5.41) is 5.50. The van der Waals surface area contributed by atoms with Crippen LogP contribution in [0.1, 0.15) is 0 Å². The predicted molar refractivity (Wildman–Crippen MR) is 31.8 cm³/mol. The lowest BCUT2D eigenvalue weighted by Gasteiger charge is -2.12. The molecular weight excluding hydrogens is 139 g/mol. The smallest absolute Gasteiger partial charge is 0.192 e. The Labute approximate surface area is 56.8 Å². The Morgan fingerprint density at radius 3 is 3.20 bits per heavy atom. The summed E-state index contributed by atoms with van der Waals surface area (Å²) in [4.78, 5) is 2.43. The van der Waals surface area contributed by atoms with Crippen LogP contribution in [-0.2, 0) is 4.74 Å². The van der Waals surface area contributed by atoms with Crippen LogP contribution < -0.4 is 5.32 Å². The minimum absolute atomic E-state index is 0.0496. The molecule has 0 aromatic heterocycles. The summed E-state index contributed by atoms with van der Waals surface area (Å²) in [6.07, 6.45) is 0. The Balaban J connectivity index is 2.42. The minimum Gasteiger partial charge on any atom is -0.361 e. The van der Waals surface area contributed by atoms with E-state index in [1.807, 2.05) is 0 Å². The maximum absolute atomic E-state index is 13.0. The van der Waals surface area contributed by atoms with Crippen molar-refractivity contribution in [3.05, 3.63) is 10.4 Å². The summed E-state index contributed by atoms with van der Waals surface area (Å²) < 4.78 is 17.7. The van der Waals surface area contributed by atoms with E-state index in [2.05, 4.69) is 20.1 Å². The first-order valence-corrected chi connectivity index (χ1v) is 2.79. The fraction of sp³-hybridized carbons (Fsp3) is 1.00. The average molecular weight is 146 g/mol. The van der Waals surface area contributed by atoms with Crippen LogP contribution in [0.5, 0.6) is 0 Å². The highest BCUT2D eigenvalue weighted by Crippen LogP contribution is 2.12. The summed E-state index contributed by atoms with van der Waals surface area (Å²) in [6.45, 7) is -0.0903. The van der Waals surface area contributed by atoms with Gasteiger partial charge in [0.2, 0.25) is 0 Å². The zero-order valence-electron chi connectivity index (χ0n) is 5.25. The van der Waals surface area contributed by atoms with Crippen molar-refractivity contribution in [3.8, 4) is 0 Å². The fourth-order valence-corrected chi connectivity index (χ4v) is 0.689. The van der Waals surface area contributed by atoms with Gasteiger partial charge in [0.05, 0.1) is 19.9 Å². The Kier molecular flexibility index (Phi) is 2.06. The molecule has 0 bridgehead atoms. The molecule has 0 aromatic carbocycles. The minimum atomic E-state index is -1.65. The first-order chi connectivity index (χ1) is 4.77. The summed E-state index contributed by atoms with van der Waals surface area (Å²) >= 11 is 0. The number of ether oxygens (including phenoxy) is 1. The maximum Gasteiger partial charge on any atom is 0.192 e. The normalized spacial score (nSPS) is 31.7. The number of rotatable bonds is 2. The van der Waals surface area contributed by atoms with Gasteiger partial charge in [0.15, 0.2) is 5.79 Å². The standard InChI is InChI=1S/C4H7FN4O/c5-4(1-8-9-6)2-10-3-7-4/h7H,1-3H2. The quantitative estimate of drug-likeness (QED) is 0.267. The Bertz CT molecular complexity index is 161. The van der Waals surface area contributed by atoms with Crippen molar-refractivity contribution in [2.45, 2.75) is 5.79 Å². The molecule has 1 saturated heterocycles. The average Bonchev–Trinajstić information content (AvgIpc) is 2.33. The van der Waals surface area contributed by atoms with Gasteiger partial charge in [-0.3, -0.25) is 5.32 Å². The second kappa shape index (κ2) is 2.83. The Morgan fingerprint density at radius 2 is 2.70 bits per heavy atom. The van der Waals surface area contributed by atoms with Crippen LogP contribution in [0.15, 0.2) is 5.11 Å². The van der Waals surface area contributed by atoms with E-state index in [1.165, 1.54) is 0 Å². The van der Waals surface area contributed by atoms with E-state index in [0.29, 0.717) is 0 Å². The summed E-state index contributed by atoms with van der Waals surface area (Å²) in [7, 11) is 0. The molecule has 0 aliphatic carbocycles. The molecule has 0 saturated carbocycles. The summed E-state index contributed by atoms with van der Waals surface area (Å²) in [6, 6.07) is 0. The van der Waals surface area contributed by atoms with Gasteiger partial charge in [-0.1, -0.05) is 5.11 Å². The van der Waals surface area contributed by atoms with E-state index in [4.69, 9.17) is 5.53 Å². The van der Waals surface area contributed by atoms with Gasteiger partial charge in [0.25, 0.3) is 0 Å². The number of alkyl halides is 1. The number of azide groups is 1. The van der Waals surface area contributed by atoms with Crippen molar-refractivity contribution in [2.24, 2.45) is 5.11 Å². The third-order valence-electron chi connectivity index (χ3n) is 1.21. The lowest BCUT2D eigenvalue weighted by molar-refractivity contribution is 0.113. The van der Waals surface area contributed by atoms with Crippen LogP contribution in [0.3, 0.4) is 0 Å². The number of nitrogens with zero attached hydrogens (tertiary/aromatic N) is 3. The molecule has 1 aliphatic rings. The lowest BCUT2D eigenvalue weighted by Crippen LogP contribution is -2.40. The van der Waals surface area contributed by atoms with Crippen molar-refractivity contribution in [2.75, 3.05) is 19.9 Å². The molecule has 0 spiro atoms.